The summed E-state index contributed by atoms with van der Waals surface area (Å²) in [7, 11) is 0. The zero-order chi connectivity index (χ0) is 101. The molecule has 0 atom stereocenters. The highest BCUT2D eigenvalue weighted by molar-refractivity contribution is 9.10. The molecule has 4 aliphatic heterocycles. The Balaban J connectivity index is 0.000000118. The molecule has 14 heterocycles. The summed E-state index contributed by atoms with van der Waals surface area (Å²) in [6.45, 7) is 44.7. The first-order chi connectivity index (χ1) is 69.4. The van der Waals surface area contributed by atoms with E-state index >= 15 is 0 Å². The summed E-state index contributed by atoms with van der Waals surface area (Å²) in [6.07, 6.45) is 9.61. The summed E-state index contributed by atoms with van der Waals surface area (Å²) < 4.78 is 13.8. The Labute approximate surface area is 878 Å². The zero-order valence-electron chi connectivity index (χ0n) is 85.4. The predicted molar refractivity (Wildman–Crippen MR) is 630 cm³/mol. The van der Waals surface area contributed by atoms with Crippen molar-refractivity contribution >= 4 is 181 Å². The van der Waals surface area contributed by atoms with Crippen LogP contribution in [0.3, 0.4) is 0 Å². The van der Waals surface area contributed by atoms with E-state index in [1.807, 2.05) is 68.2 Å². The number of para-hydroxylation sites is 8. The van der Waals surface area contributed by atoms with Gasteiger partial charge in [-0.15, -0.1) is 0 Å². The van der Waals surface area contributed by atoms with Gasteiger partial charge in [0.2, 0.25) is 0 Å². The summed E-state index contributed by atoms with van der Waals surface area (Å²) in [6, 6.07) is 116. The van der Waals surface area contributed by atoms with Crippen molar-refractivity contribution in [3.8, 4) is 28.8 Å². The smallest absolute Gasteiger partial charge is 0.145 e. The molecule has 0 unspecified atom stereocenters. The Morgan fingerprint density at radius 1 is 0.293 bits per heavy atom. The lowest BCUT2D eigenvalue weighted by Gasteiger charge is -2.43. The summed E-state index contributed by atoms with van der Waals surface area (Å²) in [5.41, 5.74) is 42.4. The van der Waals surface area contributed by atoms with Gasteiger partial charge in [-0.3, -0.25) is 22.8 Å². The number of halogens is 2. The standard InChI is InChI=1S/C50H43N5.C30H29N3.C21H19BrN2.C20H15BrN2.C9H11N.2CH4/c1-48(2,3)30-23-25-51-45(26-30)54-40-19-10-8-14-32(40)35-28-39-44(29-42(35)54)53(41-20-11-9-17-36(41)50(39,6)7)31-21-22-37-43(27-31)55-46-33(34-16-13-24-52-47(34)55)15-12-18-38(46)49(37,4)5;1-29(2,3)19-14-15-31-28(16-19)33-26-13-9-6-10-20(26)21-17-23-25(18-27(21)33)32-24-12-8-7-11-22(24)30(23,4)5;1-21(2,3)14-10-11-23-20(12-14)24-18-7-5-4-6-16(18)17-9-8-15(22)13-19(17)24;1-20(2)15-9-8-12(21)11-17(15)23-18-13(5-3-7-16(18)20)14-6-4-10-22-19(14)23;1-7(2)8-5-3-4-6-9(8)10;;/h8-29H,1-7H3;6-18,32H,1-5H3;4-13H,1-3H3;3-11H,1-2H3;3-6H,1,10H2,2H3;2*1H4. The lowest BCUT2D eigenvalue weighted by Crippen LogP contribution is -2.31. The fraction of sp³-hybridized carbons (Fsp3) is 0.205. The van der Waals surface area contributed by atoms with E-state index in [2.05, 4.69) is 490 Å². The number of anilines is 6. The van der Waals surface area contributed by atoms with Crippen molar-refractivity contribution in [1.29, 1.82) is 0 Å². The maximum absolute atomic E-state index is 5.66. The van der Waals surface area contributed by atoms with Crippen molar-refractivity contribution in [2.24, 2.45) is 0 Å². The second kappa shape index (κ2) is 36.1. The molecule has 27 rings (SSSR count). The molecule has 13 nitrogen and oxygen atoms in total. The lowest BCUT2D eigenvalue weighted by molar-refractivity contribution is 0.588. The quantitative estimate of drug-likeness (QED) is 0.163. The van der Waals surface area contributed by atoms with E-state index in [9.17, 15) is 0 Å². The Bertz CT molecular complexity index is 9280. The molecule has 3 N–H and O–H groups in total. The minimum absolute atomic E-state index is 0. The molecule has 0 spiro atoms. The maximum Gasteiger partial charge on any atom is 0.145 e. The molecule has 0 radical (unpaired) electrons. The second-order valence-electron chi connectivity index (χ2n) is 44.6. The summed E-state index contributed by atoms with van der Waals surface area (Å²) >= 11 is 7.24. The molecule has 23 aromatic rings. The molecule has 10 aromatic heterocycles. The highest BCUT2D eigenvalue weighted by Crippen LogP contribution is 2.58. The van der Waals surface area contributed by atoms with E-state index in [1.54, 1.807) is 0 Å². The van der Waals surface area contributed by atoms with E-state index in [-0.39, 0.29) is 52.8 Å². The van der Waals surface area contributed by atoms with E-state index in [0.29, 0.717) is 0 Å². The van der Waals surface area contributed by atoms with Crippen molar-refractivity contribution in [3.05, 3.63) is 435 Å². The van der Waals surface area contributed by atoms with Crippen LogP contribution in [0.4, 0.5) is 34.1 Å². The fourth-order valence-corrected chi connectivity index (χ4v) is 23.9. The number of benzene rings is 13. The number of fused-ring (bicyclic) bond motifs is 23. The number of pyridine rings is 5. The SMILES string of the molecule is C.C.C=C(C)c1ccccc1N.CC(C)(C)c1ccnc(-n2c3ccccc3c3cc4c(cc32)N(c2ccc3c(c2)-n2c5ncccc5c5cccc(c52)C3(C)C)c2ccccc2C4(C)C)c1.CC(C)(C)c1ccnc(-n2c3ccccc3c3cc4c(cc32)Nc2ccccc2C4(C)C)c1.CC(C)(C)c1ccnc(-n2c3ccccc3c3ccc(Br)cc32)c1.CC1(C)c2ccc(Br)cc2-n2c3ncccc3c3cccc1c32. The third kappa shape index (κ3) is 16.0. The van der Waals surface area contributed by atoms with Crippen LogP contribution in [0.2, 0.25) is 0 Å². The second-order valence-corrected chi connectivity index (χ2v) is 46.4. The molecule has 0 amide bonds. The highest BCUT2D eigenvalue weighted by Gasteiger charge is 2.43. The van der Waals surface area contributed by atoms with Gasteiger partial charge in [0.25, 0.3) is 0 Å². The van der Waals surface area contributed by atoms with Gasteiger partial charge in [0, 0.05) is 138 Å². The van der Waals surface area contributed by atoms with Gasteiger partial charge in [-0.25, -0.2) is 24.9 Å². The number of aromatic nitrogens is 10. The number of hydrogen-bond acceptors (Lipinski definition) is 8. The van der Waals surface area contributed by atoms with Crippen LogP contribution in [0.5, 0.6) is 0 Å². The number of hydrogen-bond donors (Lipinski definition) is 2. The minimum Gasteiger partial charge on any atom is -0.398 e. The van der Waals surface area contributed by atoms with Crippen molar-refractivity contribution in [1.82, 2.24) is 47.8 Å². The van der Waals surface area contributed by atoms with Crippen LogP contribution < -0.4 is 16.0 Å². The molecule has 0 saturated carbocycles. The molecule has 0 bridgehead atoms. The molecule has 15 heteroatoms. The van der Waals surface area contributed by atoms with Crippen molar-refractivity contribution in [2.75, 3.05) is 16.0 Å². The molecular formula is C132H125Br2N13. The normalized spacial score (nSPS) is 14.1. The lowest BCUT2D eigenvalue weighted by atomic mass is 9.72. The van der Waals surface area contributed by atoms with Gasteiger partial charge in [0.1, 0.15) is 28.7 Å². The van der Waals surface area contributed by atoms with Crippen molar-refractivity contribution in [3.63, 3.8) is 0 Å². The fourth-order valence-electron chi connectivity index (χ4n) is 23.2. The van der Waals surface area contributed by atoms with Crippen molar-refractivity contribution in [2.45, 2.75) is 177 Å². The van der Waals surface area contributed by atoms with Crippen LogP contribution in [0.15, 0.2) is 368 Å². The molecule has 732 valence electrons. The first kappa shape index (κ1) is 97.8. The van der Waals surface area contributed by atoms with Crippen molar-refractivity contribution < 1.29 is 0 Å². The molecule has 4 aliphatic rings. The van der Waals surface area contributed by atoms with Crippen LogP contribution in [-0.4, -0.2) is 47.8 Å². The van der Waals surface area contributed by atoms with Crippen LogP contribution in [-0.2, 0) is 37.9 Å². The third-order valence-electron chi connectivity index (χ3n) is 30.9. The Morgan fingerprint density at radius 2 is 0.680 bits per heavy atom. The average Bonchev–Trinajstić information content (AvgIpc) is 1.62. The monoisotopic (exact) mass is 2050 g/mol. The van der Waals surface area contributed by atoms with Gasteiger partial charge in [0.05, 0.1) is 66.9 Å². The van der Waals surface area contributed by atoms with Gasteiger partial charge >= 0.3 is 0 Å². The van der Waals surface area contributed by atoms with E-state index in [1.165, 1.54) is 182 Å². The van der Waals surface area contributed by atoms with E-state index < -0.39 is 0 Å². The third-order valence-corrected chi connectivity index (χ3v) is 31.9. The first-order valence-corrected chi connectivity index (χ1v) is 51.8. The Morgan fingerprint density at radius 3 is 1.19 bits per heavy atom. The predicted octanol–water partition coefficient (Wildman–Crippen LogP) is 36.0. The Hall–Kier alpha value is -15.3. The van der Waals surface area contributed by atoms with Crippen LogP contribution in [0, 0.1) is 0 Å². The maximum atomic E-state index is 5.66. The number of allylic oxidation sites excluding steroid dienone is 1. The van der Waals surface area contributed by atoms with E-state index in [0.717, 1.165) is 71.2 Å². The largest absolute Gasteiger partial charge is 0.398 e. The molecule has 147 heavy (non-hydrogen) atoms. The average molecular weight is 2050 g/mol. The molecular weight excluding hydrogens is 1930 g/mol. The van der Waals surface area contributed by atoms with Crippen LogP contribution >= 0.6 is 31.9 Å². The van der Waals surface area contributed by atoms with Gasteiger partial charge in [-0.05, 0) is 253 Å². The highest BCUT2D eigenvalue weighted by atomic mass is 79.9. The van der Waals surface area contributed by atoms with Crippen LogP contribution in [0.1, 0.15) is 206 Å². The molecule has 0 saturated heterocycles. The number of nitrogen functional groups attached to an aromatic ring is 1. The summed E-state index contributed by atoms with van der Waals surface area (Å²) in [5, 5.41) is 16.1. The van der Waals surface area contributed by atoms with Gasteiger partial charge in [-0.1, -0.05) is 335 Å². The number of rotatable bonds is 5. The number of nitrogens with one attached hydrogen (secondary N) is 1. The van der Waals surface area contributed by atoms with Crippen LogP contribution in [0.25, 0.3) is 144 Å². The van der Waals surface area contributed by atoms with Gasteiger partial charge < -0.3 is 16.0 Å². The number of nitrogens with two attached hydrogens (primary N) is 1. The minimum atomic E-state index is -0.244. The topological polar surface area (TPSA) is 130 Å². The Kier molecular flexibility index (Phi) is 24.0. The van der Waals surface area contributed by atoms with E-state index in [4.69, 9.17) is 20.7 Å². The molecule has 13 aromatic carbocycles. The zero-order valence-corrected chi connectivity index (χ0v) is 88.6. The number of nitrogens with zero attached hydrogens (tertiary/aromatic N) is 11. The molecule has 0 fully saturated rings. The molecule has 0 aliphatic carbocycles. The van der Waals surface area contributed by atoms with Gasteiger partial charge in [0.15, 0.2) is 0 Å². The summed E-state index contributed by atoms with van der Waals surface area (Å²) in [5.74, 6) is 2.86. The van der Waals surface area contributed by atoms with Gasteiger partial charge in [-0.2, -0.15) is 0 Å². The first-order valence-electron chi connectivity index (χ1n) is 50.2. The summed E-state index contributed by atoms with van der Waals surface area (Å²) in [4.78, 5) is 26.7.